The number of carbonyl (C=O) groups is 1. The number of hydrogen-bond acceptors (Lipinski definition) is 4. The Morgan fingerprint density at radius 3 is 2.86 bits per heavy atom. The van der Waals surface area contributed by atoms with Crippen molar-refractivity contribution in [3.05, 3.63) is 21.3 Å². The highest BCUT2D eigenvalue weighted by Crippen LogP contribution is 2.22. The first-order valence-corrected chi connectivity index (χ1v) is 8.30. The number of ether oxygens (including phenoxy) is 1. The van der Waals surface area contributed by atoms with Gasteiger partial charge in [-0.3, -0.25) is 4.90 Å². The fourth-order valence-corrected chi connectivity index (χ4v) is 3.42. The maximum atomic E-state index is 12.1. The van der Waals surface area contributed by atoms with Crippen molar-refractivity contribution in [1.82, 2.24) is 15.1 Å². The number of urea groups is 1. The largest absolute Gasteiger partial charge is 0.379 e. The van der Waals surface area contributed by atoms with Crippen molar-refractivity contribution in [3.8, 4) is 0 Å². The van der Waals surface area contributed by atoms with Crippen molar-refractivity contribution in [2.24, 2.45) is 0 Å². The molecule has 1 aliphatic heterocycles. The number of morpholine rings is 1. The van der Waals surface area contributed by atoms with Gasteiger partial charge < -0.3 is 15.0 Å². The van der Waals surface area contributed by atoms with E-state index >= 15 is 0 Å². The van der Waals surface area contributed by atoms with E-state index < -0.39 is 0 Å². The summed E-state index contributed by atoms with van der Waals surface area (Å²) in [5.74, 6) is 0. The number of halogens is 1. The SMILES string of the molecule is C[C@H](CN1CCOCC1)NC(=O)N(C)Cc1ccc(Cl)s1. The summed E-state index contributed by atoms with van der Waals surface area (Å²) in [6.07, 6.45) is 0. The number of amides is 2. The van der Waals surface area contributed by atoms with E-state index in [1.807, 2.05) is 19.1 Å². The number of hydrogen-bond donors (Lipinski definition) is 1. The minimum atomic E-state index is -0.0553. The minimum Gasteiger partial charge on any atom is -0.379 e. The minimum absolute atomic E-state index is 0.0553. The molecule has 0 aliphatic carbocycles. The van der Waals surface area contributed by atoms with Gasteiger partial charge in [0.1, 0.15) is 0 Å². The van der Waals surface area contributed by atoms with Crippen LogP contribution in [0.5, 0.6) is 0 Å². The summed E-state index contributed by atoms with van der Waals surface area (Å²) in [4.78, 5) is 17.2. The van der Waals surface area contributed by atoms with Crippen molar-refractivity contribution >= 4 is 29.0 Å². The van der Waals surface area contributed by atoms with E-state index in [2.05, 4.69) is 10.2 Å². The molecule has 0 spiro atoms. The number of carbonyl (C=O) groups excluding carboxylic acids is 1. The maximum Gasteiger partial charge on any atom is 0.317 e. The summed E-state index contributed by atoms with van der Waals surface area (Å²) in [6, 6.07) is 3.87. The van der Waals surface area contributed by atoms with Crippen LogP contribution in [-0.2, 0) is 11.3 Å². The van der Waals surface area contributed by atoms with E-state index in [9.17, 15) is 4.79 Å². The molecule has 0 aromatic carbocycles. The first-order valence-electron chi connectivity index (χ1n) is 7.10. The van der Waals surface area contributed by atoms with Gasteiger partial charge in [-0.2, -0.15) is 0 Å². The van der Waals surface area contributed by atoms with Crippen LogP contribution < -0.4 is 5.32 Å². The molecule has 1 N–H and O–H groups in total. The zero-order valence-corrected chi connectivity index (χ0v) is 14.0. The molecule has 2 amide bonds. The second-order valence-corrected chi connectivity index (χ2v) is 7.13. The molecule has 0 unspecified atom stereocenters. The van der Waals surface area contributed by atoms with Crippen molar-refractivity contribution < 1.29 is 9.53 Å². The van der Waals surface area contributed by atoms with Gasteiger partial charge in [0, 0.05) is 37.6 Å². The van der Waals surface area contributed by atoms with Gasteiger partial charge in [-0.05, 0) is 19.1 Å². The lowest BCUT2D eigenvalue weighted by Gasteiger charge is -2.30. The van der Waals surface area contributed by atoms with Crippen LogP contribution in [0.1, 0.15) is 11.8 Å². The third-order valence-electron chi connectivity index (χ3n) is 3.37. The van der Waals surface area contributed by atoms with Gasteiger partial charge in [-0.1, -0.05) is 11.6 Å². The van der Waals surface area contributed by atoms with E-state index in [4.69, 9.17) is 16.3 Å². The summed E-state index contributed by atoms with van der Waals surface area (Å²) in [5, 5.41) is 3.03. The highest BCUT2D eigenvalue weighted by molar-refractivity contribution is 7.16. The maximum absolute atomic E-state index is 12.1. The number of nitrogens with one attached hydrogen (secondary N) is 1. The van der Waals surface area contributed by atoms with E-state index in [0.29, 0.717) is 6.54 Å². The second-order valence-electron chi connectivity index (χ2n) is 5.33. The van der Waals surface area contributed by atoms with Crippen LogP contribution in [0.15, 0.2) is 12.1 Å². The van der Waals surface area contributed by atoms with Gasteiger partial charge >= 0.3 is 6.03 Å². The molecule has 0 radical (unpaired) electrons. The molecular weight excluding hydrogens is 310 g/mol. The highest BCUT2D eigenvalue weighted by Gasteiger charge is 2.17. The topological polar surface area (TPSA) is 44.8 Å². The lowest BCUT2D eigenvalue weighted by atomic mass is 10.3. The zero-order chi connectivity index (χ0) is 15.2. The number of rotatable bonds is 5. The molecule has 1 fully saturated rings. The number of nitrogens with zero attached hydrogens (tertiary/aromatic N) is 2. The van der Waals surface area contributed by atoms with Gasteiger partial charge in [0.15, 0.2) is 0 Å². The first-order chi connectivity index (χ1) is 10.0. The Balaban J connectivity index is 1.74. The Hall–Kier alpha value is -0.820. The molecule has 7 heteroatoms. The normalized spacial score (nSPS) is 17.5. The van der Waals surface area contributed by atoms with Crippen LogP contribution in [0.25, 0.3) is 0 Å². The van der Waals surface area contributed by atoms with Gasteiger partial charge in [-0.25, -0.2) is 4.79 Å². The van der Waals surface area contributed by atoms with Crippen LogP contribution in [0.3, 0.4) is 0 Å². The van der Waals surface area contributed by atoms with E-state index in [1.54, 1.807) is 11.9 Å². The van der Waals surface area contributed by atoms with Crippen LogP contribution in [0.2, 0.25) is 4.34 Å². The average Bonchev–Trinajstić information content (AvgIpc) is 2.85. The predicted octanol–water partition coefficient (Wildman–Crippen LogP) is 2.26. The third-order valence-corrected chi connectivity index (χ3v) is 4.59. The van der Waals surface area contributed by atoms with Crippen molar-refractivity contribution in [1.29, 1.82) is 0 Å². The lowest BCUT2D eigenvalue weighted by molar-refractivity contribution is 0.0347. The molecule has 1 aromatic rings. The molecule has 0 saturated carbocycles. The van der Waals surface area contributed by atoms with Crippen LogP contribution in [0, 0.1) is 0 Å². The van der Waals surface area contributed by atoms with E-state index in [1.165, 1.54) is 11.3 Å². The molecule has 2 rings (SSSR count). The Morgan fingerprint density at radius 1 is 1.52 bits per heavy atom. The van der Waals surface area contributed by atoms with Crippen molar-refractivity contribution in [2.45, 2.75) is 19.5 Å². The Kier molecular flexibility index (Phi) is 6.29. The molecule has 21 heavy (non-hydrogen) atoms. The Labute approximate surface area is 134 Å². The molecular formula is C14H22ClN3O2S. The van der Waals surface area contributed by atoms with Gasteiger partial charge in [0.2, 0.25) is 0 Å². The fourth-order valence-electron chi connectivity index (χ4n) is 2.28. The van der Waals surface area contributed by atoms with Crippen LogP contribution in [-0.4, -0.2) is 61.8 Å². The Bertz CT molecular complexity index is 463. The molecule has 1 atom stereocenters. The summed E-state index contributed by atoms with van der Waals surface area (Å²) in [7, 11) is 1.80. The van der Waals surface area contributed by atoms with Crippen LogP contribution >= 0.6 is 22.9 Å². The summed E-state index contributed by atoms with van der Waals surface area (Å²) in [5.41, 5.74) is 0. The smallest absolute Gasteiger partial charge is 0.317 e. The predicted molar refractivity (Wildman–Crippen MR) is 86.0 cm³/mol. The Morgan fingerprint density at radius 2 is 2.24 bits per heavy atom. The fraction of sp³-hybridized carbons (Fsp3) is 0.643. The van der Waals surface area contributed by atoms with Crippen molar-refractivity contribution in [2.75, 3.05) is 39.9 Å². The first kappa shape index (κ1) is 16.5. The molecule has 1 saturated heterocycles. The molecule has 1 aliphatic rings. The van der Waals surface area contributed by atoms with Gasteiger partial charge in [0.25, 0.3) is 0 Å². The van der Waals surface area contributed by atoms with E-state index in [-0.39, 0.29) is 12.1 Å². The quantitative estimate of drug-likeness (QED) is 0.900. The molecule has 1 aromatic heterocycles. The standard InChI is InChI=1S/C14H22ClN3O2S/c1-11(9-18-5-7-20-8-6-18)16-14(19)17(2)10-12-3-4-13(15)21-12/h3-4,11H,5-10H2,1-2H3,(H,16,19)/t11-/m1/s1. The van der Waals surface area contributed by atoms with Crippen LogP contribution in [0.4, 0.5) is 4.79 Å². The second kappa shape index (κ2) is 7.98. The third kappa shape index (κ3) is 5.47. The molecule has 118 valence electrons. The summed E-state index contributed by atoms with van der Waals surface area (Å²) in [6.45, 7) is 6.89. The monoisotopic (exact) mass is 331 g/mol. The highest BCUT2D eigenvalue weighted by atomic mass is 35.5. The zero-order valence-electron chi connectivity index (χ0n) is 12.5. The molecule has 0 bridgehead atoms. The summed E-state index contributed by atoms with van der Waals surface area (Å²) >= 11 is 7.40. The molecule has 5 nitrogen and oxygen atoms in total. The van der Waals surface area contributed by atoms with E-state index in [0.717, 1.165) is 42.1 Å². The van der Waals surface area contributed by atoms with Gasteiger partial charge in [0.05, 0.1) is 24.1 Å². The van der Waals surface area contributed by atoms with Gasteiger partial charge in [-0.15, -0.1) is 11.3 Å². The van der Waals surface area contributed by atoms with Crippen molar-refractivity contribution in [3.63, 3.8) is 0 Å². The summed E-state index contributed by atoms with van der Waals surface area (Å²) < 4.78 is 6.07. The average molecular weight is 332 g/mol. The lowest BCUT2D eigenvalue weighted by Crippen LogP contribution is -2.48. The number of thiophene rings is 1. The molecule has 2 heterocycles.